The summed E-state index contributed by atoms with van der Waals surface area (Å²) in [5.41, 5.74) is 7.16. The maximum absolute atomic E-state index is 8.59. The molecule has 1 N–H and O–H groups in total. The molecule has 1 heteroatoms. The highest BCUT2D eigenvalue weighted by molar-refractivity contribution is 6.11. The summed E-state index contributed by atoms with van der Waals surface area (Å²) in [7, 11) is 0. The van der Waals surface area contributed by atoms with E-state index in [1.165, 1.54) is 29.5 Å². The van der Waals surface area contributed by atoms with Crippen LogP contribution in [0.1, 0.15) is 68.4 Å². The van der Waals surface area contributed by atoms with E-state index in [1.807, 2.05) is 12.1 Å². The van der Waals surface area contributed by atoms with Gasteiger partial charge in [0.05, 0.1) is 5.71 Å². The lowest BCUT2D eigenvalue weighted by Gasteiger charge is -2.42. The third-order valence-electron chi connectivity index (χ3n) is 5.48. The molecule has 0 atom stereocenters. The summed E-state index contributed by atoms with van der Waals surface area (Å²) >= 11 is 0. The van der Waals surface area contributed by atoms with Gasteiger partial charge in [-0.1, -0.05) is 69.7 Å². The Kier molecular flexibility index (Phi) is 3.71. The zero-order valence-corrected chi connectivity index (χ0v) is 15.0. The Hall–Kier alpha value is -1.89. The number of fused-ring (bicyclic) bond motifs is 1. The molecule has 0 saturated heterocycles. The Bertz CT molecular complexity index is 748. The average molecular weight is 305 g/mol. The smallest absolute Gasteiger partial charge is 0.0684 e. The molecule has 0 bridgehead atoms. The third-order valence-corrected chi connectivity index (χ3v) is 5.48. The van der Waals surface area contributed by atoms with Crippen LogP contribution in [0.3, 0.4) is 0 Å². The van der Waals surface area contributed by atoms with E-state index in [0.29, 0.717) is 5.71 Å². The summed E-state index contributed by atoms with van der Waals surface area (Å²) in [5, 5.41) is 8.59. The van der Waals surface area contributed by atoms with Gasteiger partial charge in [-0.05, 0) is 47.8 Å². The van der Waals surface area contributed by atoms with Gasteiger partial charge in [0, 0.05) is 11.1 Å². The van der Waals surface area contributed by atoms with Gasteiger partial charge in [-0.3, -0.25) is 5.41 Å². The molecule has 1 nitrogen and oxygen atoms in total. The van der Waals surface area contributed by atoms with Crippen LogP contribution in [0.25, 0.3) is 0 Å². The molecule has 120 valence electrons. The van der Waals surface area contributed by atoms with E-state index in [2.05, 4.69) is 65.0 Å². The second kappa shape index (κ2) is 5.33. The minimum Gasteiger partial charge on any atom is -0.300 e. The Morgan fingerprint density at radius 2 is 1.30 bits per heavy atom. The van der Waals surface area contributed by atoms with Crippen molar-refractivity contribution in [1.29, 1.82) is 5.41 Å². The lowest BCUT2D eigenvalue weighted by Crippen LogP contribution is -2.34. The number of aryl methyl sites for hydroxylation is 1. The van der Waals surface area contributed by atoms with E-state index in [9.17, 15) is 0 Å². The van der Waals surface area contributed by atoms with Crippen molar-refractivity contribution in [1.82, 2.24) is 0 Å². The molecule has 0 spiro atoms. The maximum atomic E-state index is 8.59. The molecule has 0 radical (unpaired) electrons. The van der Waals surface area contributed by atoms with Crippen LogP contribution in [0, 0.1) is 12.3 Å². The Balaban J connectivity index is 2.06. The van der Waals surface area contributed by atoms with Gasteiger partial charge in [0.2, 0.25) is 0 Å². The van der Waals surface area contributed by atoms with Crippen molar-refractivity contribution in [2.75, 3.05) is 0 Å². The van der Waals surface area contributed by atoms with Gasteiger partial charge in [-0.2, -0.15) is 0 Å². The van der Waals surface area contributed by atoms with E-state index < -0.39 is 0 Å². The summed E-state index contributed by atoms with van der Waals surface area (Å²) in [5.74, 6) is 0. The van der Waals surface area contributed by atoms with Crippen LogP contribution in [0.2, 0.25) is 0 Å². The number of hydrogen-bond donors (Lipinski definition) is 1. The molecule has 0 fully saturated rings. The highest BCUT2D eigenvalue weighted by atomic mass is 14.4. The Labute approximate surface area is 140 Å². The molecule has 1 aliphatic carbocycles. The number of rotatable bonds is 2. The van der Waals surface area contributed by atoms with Gasteiger partial charge < -0.3 is 0 Å². The monoisotopic (exact) mass is 305 g/mol. The minimum atomic E-state index is 0.189. The first-order valence-electron chi connectivity index (χ1n) is 8.52. The first kappa shape index (κ1) is 16.0. The van der Waals surface area contributed by atoms with Crippen molar-refractivity contribution in [2.45, 2.75) is 58.3 Å². The van der Waals surface area contributed by atoms with Gasteiger partial charge in [-0.25, -0.2) is 0 Å². The summed E-state index contributed by atoms with van der Waals surface area (Å²) < 4.78 is 0. The highest BCUT2D eigenvalue weighted by Gasteiger charge is 2.37. The predicted molar refractivity (Wildman–Crippen MR) is 98.8 cm³/mol. The standard InChI is InChI=1S/C22H27N/c1-15-6-8-16(9-7-15)20(23)17-10-11-18-19(14-17)22(4,5)13-12-21(18,2)3/h6-11,14,23H,12-13H2,1-5H3. The molecule has 23 heavy (non-hydrogen) atoms. The van der Waals surface area contributed by atoms with Gasteiger partial charge in [-0.15, -0.1) is 0 Å². The molecule has 0 unspecified atom stereocenters. The van der Waals surface area contributed by atoms with Crippen molar-refractivity contribution in [3.8, 4) is 0 Å². The molecule has 2 aromatic carbocycles. The largest absolute Gasteiger partial charge is 0.300 e. The minimum absolute atomic E-state index is 0.189. The molecule has 1 aliphatic rings. The lowest BCUT2D eigenvalue weighted by molar-refractivity contribution is 0.332. The van der Waals surface area contributed by atoms with Crippen LogP contribution in [0.15, 0.2) is 42.5 Å². The summed E-state index contributed by atoms with van der Waals surface area (Å²) in [6.07, 6.45) is 2.43. The van der Waals surface area contributed by atoms with E-state index in [0.717, 1.165) is 11.1 Å². The summed E-state index contributed by atoms with van der Waals surface area (Å²) in [6, 6.07) is 14.9. The van der Waals surface area contributed by atoms with Crippen molar-refractivity contribution < 1.29 is 0 Å². The molecule has 0 aromatic heterocycles. The fourth-order valence-electron chi connectivity index (χ4n) is 3.63. The zero-order chi connectivity index (χ0) is 16.8. The van der Waals surface area contributed by atoms with E-state index in [4.69, 9.17) is 5.41 Å². The lowest BCUT2D eigenvalue weighted by atomic mass is 9.63. The van der Waals surface area contributed by atoms with Crippen molar-refractivity contribution >= 4 is 5.71 Å². The quantitative estimate of drug-likeness (QED) is 0.682. The molecule has 2 aromatic rings. The fraction of sp³-hybridized carbons (Fsp3) is 0.409. The Morgan fingerprint density at radius 3 is 1.91 bits per heavy atom. The number of hydrogen-bond acceptors (Lipinski definition) is 1. The number of benzene rings is 2. The van der Waals surface area contributed by atoms with Gasteiger partial charge in [0.1, 0.15) is 0 Å². The van der Waals surface area contributed by atoms with Gasteiger partial charge >= 0.3 is 0 Å². The fourth-order valence-corrected chi connectivity index (χ4v) is 3.63. The first-order chi connectivity index (χ1) is 10.7. The predicted octanol–water partition coefficient (Wildman–Crippen LogP) is 5.76. The van der Waals surface area contributed by atoms with E-state index in [-0.39, 0.29) is 10.8 Å². The maximum Gasteiger partial charge on any atom is 0.0684 e. The second-order valence-electron chi connectivity index (χ2n) is 8.27. The van der Waals surface area contributed by atoms with Crippen LogP contribution < -0.4 is 0 Å². The van der Waals surface area contributed by atoms with Crippen LogP contribution in [0.5, 0.6) is 0 Å². The van der Waals surface area contributed by atoms with Gasteiger partial charge in [0.15, 0.2) is 0 Å². The van der Waals surface area contributed by atoms with Crippen LogP contribution in [-0.2, 0) is 10.8 Å². The van der Waals surface area contributed by atoms with Gasteiger partial charge in [0.25, 0.3) is 0 Å². The molecule has 3 rings (SSSR count). The first-order valence-corrected chi connectivity index (χ1v) is 8.52. The van der Waals surface area contributed by atoms with Crippen LogP contribution >= 0.6 is 0 Å². The Morgan fingerprint density at radius 1 is 0.783 bits per heavy atom. The molecular formula is C22H27N. The van der Waals surface area contributed by atoms with Crippen molar-refractivity contribution in [2.24, 2.45) is 0 Å². The highest BCUT2D eigenvalue weighted by Crippen LogP contribution is 2.45. The SMILES string of the molecule is Cc1ccc(C(=N)c2ccc3c(c2)C(C)(C)CCC3(C)C)cc1. The van der Waals surface area contributed by atoms with Crippen molar-refractivity contribution in [3.05, 3.63) is 70.3 Å². The molecule has 0 aliphatic heterocycles. The third kappa shape index (κ3) is 2.85. The molecular weight excluding hydrogens is 278 g/mol. The zero-order valence-electron chi connectivity index (χ0n) is 15.0. The van der Waals surface area contributed by atoms with Crippen LogP contribution in [-0.4, -0.2) is 5.71 Å². The molecule has 0 amide bonds. The van der Waals surface area contributed by atoms with Crippen molar-refractivity contribution in [3.63, 3.8) is 0 Å². The van der Waals surface area contributed by atoms with E-state index >= 15 is 0 Å². The van der Waals surface area contributed by atoms with Crippen LogP contribution in [0.4, 0.5) is 0 Å². The second-order valence-corrected chi connectivity index (χ2v) is 8.27. The average Bonchev–Trinajstić information content (AvgIpc) is 2.52. The summed E-state index contributed by atoms with van der Waals surface area (Å²) in [6.45, 7) is 11.4. The normalized spacial score (nSPS) is 18.3. The number of nitrogens with one attached hydrogen (secondary N) is 1. The summed E-state index contributed by atoms with van der Waals surface area (Å²) in [4.78, 5) is 0. The molecule has 0 saturated carbocycles. The van der Waals surface area contributed by atoms with E-state index in [1.54, 1.807) is 0 Å². The molecule has 0 heterocycles. The topological polar surface area (TPSA) is 23.9 Å².